The van der Waals surface area contributed by atoms with E-state index in [1.165, 1.54) is 24.6 Å². The minimum Gasteiger partial charge on any atom is -0.485 e. The molecule has 0 unspecified atom stereocenters. The molecule has 0 atom stereocenters. The highest BCUT2D eigenvalue weighted by Crippen LogP contribution is 2.37. The number of carbonyl (C=O) groups is 1. The van der Waals surface area contributed by atoms with Crippen molar-refractivity contribution in [1.29, 1.82) is 0 Å². The predicted molar refractivity (Wildman–Crippen MR) is 130 cm³/mol. The van der Waals surface area contributed by atoms with E-state index in [0.29, 0.717) is 44.2 Å². The van der Waals surface area contributed by atoms with Gasteiger partial charge in [-0.2, -0.15) is 5.10 Å². The maximum atomic E-state index is 11.6. The van der Waals surface area contributed by atoms with Gasteiger partial charge < -0.3 is 14.8 Å². The molecule has 0 aliphatic carbocycles. The number of H-pyrrole nitrogens is 1. The van der Waals surface area contributed by atoms with Crippen molar-refractivity contribution in [3.05, 3.63) is 76.6 Å². The van der Waals surface area contributed by atoms with Crippen LogP contribution in [0.4, 0.5) is 10.9 Å². The summed E-state index contributed by atoms with van der Waals surface area (Å²) in [6.45, 7) is 0.171. The van der Waals surface area contributed by atoms with Crippen molar-refractivity contribution < 1.29 is 14.3 Å². The van der Waals surface area contributed by atoms with Gasteiger partial charge in [0, 0.05) is 34.9 Å². The number of halogens is 1. The first-order valence-corrected chi connectivity index (χ1v) is 11.3. The normalized spacial score (nSPS) is 10.9. The number of ether oxygens (including phenoxy) is 2. The van der Waals surface area contributed by atoms with Gasteiger partial charge >= 0.3 is 5.97 Å². The van der Waals surface area contributed by atoms with Gasteiger partial charge in [-0.3, -0.25) is 15.1 Å². The van der Waals surface area contributed by atoms with Gasteiger partial charge in [0.25, 0.3) is 0 Å². The summed E-state index contributed by atoms with van der Waals surface area (Å²) < 4.78 is 10.8. The van der Waals surface area contributed by atoms with Crippen LogP contribution in [0, 0.1) is 0 Å². The Labute approximate surface area is 202 Å². The molecule has 0 fully saturated rings. The molecule has 34 heavy (non-hydrogen) atoms. The second kappa shape index (κ2) is 9.46. The van der Waals surface area contributed by atoms with Gasteiger partial charge in [-0.15, -0.1) is 11.3 Å². The van der Waals surface area contributed by atoms with Crippen molar-refractivity contribution in [2.45, 2.75) is 6.61 Å². The Bertz CT molecular complexity index is 1450. The molecule has 0 saturated carbocycles. The number of fused-ring (bicyclic) bond motifs is 1. The zero-order valence-corrected chi connectivity index (χ0v) is 19.4. The van der Waals surface area contributed by atoms with Crippen LogP contribution in [0.3, 0.4) is 0 Å². The zero-order chi connectivity index (χ0) is 23.5. The lowest BCUT2D eigenvalue weighted by Crippen LogP contribution is -2.04. The molecule has 5 aromatic rings. The fourth-order valence-corrected chi connectivity index (χ4v) is 4.08. The van der Waals surface area contributed by atoms with E-state index < -0.39 is 5.97 Å². The standard InChI is InChI=1S/C23H17ClN6O3S/c1-32-22(31)13-4-5-15(27-11-13)12-33-18-10-14(19-17(24)3-2-6-25-19)9-16-20(18)29-30-21(16)28-23-26-7-8-34-23/h2-11H,12H2,1H3,(H2,26,28,29,30). The lowest BCUT2D eigenvalue weighted by molar-refractivity contribution is 0.0600. The van der Waals surface area contributed by atoms with Crippen LogP contribution in [0.15, 0.2) is 60.4 Å². The van der Waals surface area contributed by atoms with E-state index in [2.05, 4.69) is 30.5 Å². The second-order valence-electron chi connectivity index (χ2n) is 7.08. The average Bonchev–Trinajstić information content (AvgIpc) is 3.53. The van der Waals surface area contributed by atoms with E-state index in [9.17, 15) is 4.79 Å². The van der Waals surface area contributed by atoms with Gasteiger partial charge in [0.2, 0.25) is 0 Å². The number of rotatable bonds is 7. The van der Waals surface area contributed by atoms with Crippen molar-refractivity contribution in [1.82, 2.24) is 25.1 Å². The van der Waals surface area contributed by atoms with Crippen molar-refractivity contribution in [3.8, 4) is 17.0 Å². The van der Waals surface area contributed by atoms with Crippen molar-refractivity contribution in [3.63, 3.8) is 0 Å². The highest BCUT2D eigenvalue weighted by molar-refractivity contribution is 7.13. The summed E-state index contributed by atoms with van der Waals surface area (Å²) in [5.74, 6) is 0.705. The number of methoxy groups -OCH3 is 1. The molecule has 0 bridgehead atoms. The Balaban J connectivity index is 1.51. The fraction of sp³-hybridized carbons (Fsp3) is 0.0870. The summed E-state index contributed by atoms with van der Waals surface area (Å²) in [6.07, 6.45) is 4.85. The zero-order valence-electron chi connectivity index (χ0n) is 17.8. The largest absolute Gasteiger partial charge is 0.485 e. The monoisotopic (exact) mass is 492 g/mol. The number of anilines is 2. The highest BCUT2D eigenvalue weighted by atomic mass is 35.5. The number of carbonyl (C=O) groups excluding carboxylic acids is 1. The number of aromatic nitrogens is 5. The van der Waals surface area contributed by atoms with Crippen LogP contribution in [0.1, 0.15) is 16.1 Å². The van der Waals surface area contributed by atoms with Gasteiger partial charge in [-0.05, 0) is 36.4 Å². The Hall–Kier alpha value is -4.02. The SMILES string of the molecule is COC(=O)c1ccc(COc2cc(-c3ncccc3Cl)cc3c(Nc4nccs4)n[nH]c23)nc1. The molecule has 0 aliphatic rings. The summed E-state index contributed by atoms with van der Waals surface area (Å²) >= 11 is 7.89. The van der Waals surface area contributed by atoms with Crippen molar-refractivity contribution in [2.75, 3.05) is 12.4 Å². The molecule has 0 amide bonds. The molecule has 1 aromatic carbocycles. The molecule has 0 radical (unpaired) electrons. The summed E-state index contributed by atoms with van der Waals surface area (Å²) in [7, 11) is 1.33. The number of pyridine rings is 2. The van der Waals surface area contributed by atoms with Crippen LogP contribution in [-0.4, -0.2) is 38.2 Å². The maximum absolute atomic E-state index is 11.6. The van der Waals surface area contributed by atoms with Crippen molar-refractivity contribution in [2.24, 2.45) is 0 Å². The van der Waals surface area contributed by atoms with Crippen molar-refractivity contribution >= 4 is 50.8 Å². The van der Waals surface area contributed by atoms with Gasteiger partial charge in [-0.25, -0.2) is 9.78 Å². The highest BCUT2D eigenvalue weighted by Gasteiger charge is 2.17. The molecule has 4 heterocycles. The molecule has 11 heteroatoms. The summed E-state index contributed by atoms with van der Waals surface area (Å²) in [6, 6.07) is 10.7. The quantitative estimate of drug-likeness (QED) is 0.296. The van der Waals surface area contributed by atoms with Crippen LogP contribution >= 0.6 is 22.9 Å². The first kappa shape index (κ1) is 21.8. The van der Waals surface area contributed by atoms with Gasteiger partial charge in [0.05, 0.1) is 29.1 Å². The molecular weight excluding hydrogens is 476 g/mol. The number of esters is 1. The van der Waals surface area contributed by atoms with Gasteiger partial charge in [-0.1, -0.05) is 11.6 Å². The van der Waals surface area contributed by atoms with Gasteiger partial charge in [0.15, 0.2) is 10.9 Å². The predicted octanol–water partition coefficient (Wildman–Crippen LogP) is 5.24. The Kier molecular flexibility index (Phi) is 6.07. The molecule has 0 aliphatic heterocycles. The van der Waals surface area contributed by atoms with E-state index in [1.54, 1.807) is 36.7 Å². The number of nitrogens with one attached hydrogen (secondary N) is 2. The molecule has 4 aromatic heterocycles. The minimum atomic E-state index is -0.445. The third-order valence-electron chi connectivity index (χ3n) is 4.95. The second-order valence-corrected chi connectivity index (χ2v) is 8.39. The van der Waals surface area contributed by atoms with Crippen LogP contribution < -0.4 is 10.1 Å². The van der Waals surface area contributed by atoms with Crippen LogP contribution in [0.5, 0.6) is 5.75 Å². The van der Waals surface area contributed by atoms with Crippen LogP contribution in [0.2, 0.25) is 5.02 Å². The molecule has 2 N–H and O–H groups in total. The summed E-state index contributed by atoms with van der Waals surface area (Å²) in [5, 5.41) is 14.6. The number of hydrogen-bond donors (Lipinski definition) is 2. The van der Waals surface area contributed by atoms with E-state index in [0.717, 1.165) is 10.9 Å². The van der Waals surface area contributed by atoms with E-state index in [1.807, 2.05) is 17.5 Å². The lowest BCUT2D eigenvalue weighted by atomic mass is 10.1. The first-order valence-electron chi connectivity index (χ1n) is 10.1. The summed E-state index contributed by atoms with van der Waals surface area (Å²) in [4.78, 5) is 24.6. The molecule has 5 rings (SSSR count). The number of benzene rings is 1. The third-order valence-corrected chi connectivity index (χ3v) is 5.94. The van der Waals surface area contributed by atoms with E-state index in [-0.39, 0.29) is 6.61 Å². The number of hydrogen-bond acceptors (Lipinski definition) is 9. The minimum absolute atomic E-state index is 0.171. The first-order chi connectivity index (χ1) is 16.6. The molecule has 0 saturated heterocycles. The molecule has 170 valence electrons. The van der Waals surface area contributed by atoms with Crippen LogP contribution in [0.25, 0.3) is 22.2 Å². The fourth-order valence-electron chi connectivity index (χ4n) is 3.32. The topological polar surface area (TPSA) is 115 Å². The Morgan fingerprint density at radius 2 is 2.09 bits per heavy atom. The third kappa shape index (κ3) is 4.41. The van der Waals surface area contributed by atoms with Crippen LogP contribution in [-0.2, 0) is 11.3 Å². The Morgan fingerprint density at radius 1 is 1.18 bits per heavy atom. The smallest absolute Gasteiger partial charge is 0.339 e. The Morgan fingerprint density at radius 3 is 2.82 bits per heavy atom. The summed E-state index contributed by atoms with van der Waals surface area (Å²) in [5.41, 5.74) is 3.10. The van der Waals surface area contributed by atoms with E-state index in [4.69, 9.17) is 21.1 Å². The number of thiazole rings is 1. The molecule has 9 nitrogen and oxygen atoms in total. The maximum Gasteiger partial charge on any atom is 0.339 e. The van der Waals surface area contributed by atoms with Gasteiger partial charge in [0.1, 0.15) is 17.9 Å². The molecule has 0 spiro atoms. The lowest BCUT2D eigenvalue weighted by Gasteiger charge is -2.11. The number of nitrogens with zero attached hydrogens (tertiary/aromatic N) is 4. The van der Waals surface area contributed by atoms with E-state index >= 15 is 0 Å². The molecular formula is C23H17ClN6O3S. The number of aromatic amines is 1. The average molecular weight is 493 g/mol.